The van der Waals surface area contributed by atoms with Crippen LogP contribution in [0.1, 0.15) is 73.6 Å². The van der Waals surface area contributed by atoms with Crippen molar-refractivity contribution in [2.24, 2.45) is 29.1 Å². The van der Waals surface area contributed by atoms with Crippen LogP contribution in [0, 0.1) is 29.1 Å². The van der Waals surface area contributed by atoms with Crippen molar-refractivity contribution in [1.82, 2.24) is 4.31 Å². The second kappa shape index (κ2) is 8.53. The molecule has 0 radical (unpaired) electrons. The smallest absolute Gasteiger partial charge is 0.241 e. The highest BCUT2D eigenvalue weighted by Crippen LogP contribution is 2.66. The molecule has 2 aliphatic carbocycles. The summed E-state index contributed by atoms with van der Waals surface area (Å²) in [4.78, 5) is 13.8. The summed E-state index contributed by atoms with van der Waals surface area (Å²) in [7, 11) is -5.73. The van der Waals surface area contributed by atoms with E-state index >= 15 is 0 Å². The number of hydrogen-bond acceptors (Lipinski definition) is 4. The third-order valence-corrected chi connectivity index (χ3v) is 15.6. The first-order valence-corrected chi connectivity index (χ1v) is 17.0. The van der Waals surface area contributed by atoms with Crippen LogP contribution in [-0.4, -0.2) is 44.8 Å². The average molecular weight is 484 g/mol. The highest BCUT2D eigenvalue weighted by atomic mass is 32.2. The number of carbonyl (C=O) groups excluding carboxylic acids is 1. The van der Waals surface area contributed by atoms with Crippen LogP contribution in [0.25, 0.3) is 0 Å². The second-order valence-electron chi connectivity index (χ2n) is 12.5. The summed E-state index contributed by atoms with van der Waals surface area (Å²) < 4.78 is 34.9. The maximum atomic E-state index is 13.8. The predicted octanol–water partition coefficient (Wildman–Crippen LogP) is 5.59. The molecule has 0 aromatic rings. The van der Waals surface area contributed by atoms with Crippen LogP contribution in [0.2, 0.25) is 18.1 Å². The van der Waals surface area contributed by atoms with Crippen LogP contribution in [-0.2, 0) is 19.2 Å². The Labute approximate surface area is 197 Å². The fourth-order valence-corrected chi connectivity index (χ4v) is 10.7. The van der Waals surface area contributed by atoms with Crippen molar-refractivity contribution in [2.45, 2.75) is 104 Å². The Kier molecular flexibility index (Phi) is 6.91. The number of amides is 1. The normalized spacial score (nSPS) is 33.4. The summed E-state index contributed by atoms with van der Waals surface area (Å²) in [5.74, 6) is 0.775. The van der Waals surface area contributed by atoms with Gasteiger partial charge in [-0.2, -0.15) is 0 Å². The fraction of sp³-hybridized carbons (Fsp3) is 0.880. The number of sulfonamides is 1. The maximum absolute atomic E-state index is 13.8. The topological polar surface area (TPSA) is 63.7 Å². The molecule has 3 rings (SSSR count). The molecular weight excluding hydrogens is 438 g/mol. The molecule has 0 N–H and O–H groups in total. The van der Waals surface area contributed by atoms with E-state index < -0.39 is 24.3 Å². The van der Waals surface area contributed by atoms with E-state index in [1.807, 2.05) is 13.0 Å². The van der Waals surface area contributed by atoms with Crippen molar-refractivity contribution in [3.8, 4) is 0 Å². The molecule has 0 aromatic carbocycles. The van der Waals surface area contributed by atoms with Gasteiger partial charge in [-0.3, -0.25) is 4.79 Å². The number of hydrogen-bond donors (Lipinski definition) is 0. The third kappa shape index (κ3) is 4.15. The Morgan fingerprint density at radius 2 is 1.91 bits per heavy atom. The molecule has 1 aliphatic heterocycles. The number of allylic oxidation sites excluding steroid dienone is 1. The monoisotopic (exact) mass is 483 g/mol. The van der Waals surface area contributed by atoms with Gasteiger partial charge < -0.3 is 4.43 Å². The van der Waals surface area contributed by atoms with E-state index in [-0.39, 0.29) is 34.3 Å². The summed E-state index contributed by atoms with van der Waals surface area (Å²) in [6.45, 7) is 21.1. The summed E-state index contributed by atoms with van der Waals surface area (Å²) >= 11 is 0. The lowest BCUT2D eigenvalue weighted by Gasteiger charge is -2.41. The van der Waals surface area contributed by atoms with E-state index in [2.05, 4.69) is 54.3 Å². The highest BCUT2D eigenvalue weighted by molar-refractivity contribution is 7.90. The molecule has 184 valence electrons. The molecule has 0 aromatic heterocycles. The first-order valence-electron chi connectivity index (χ1n) is 12.4. The minimum atomic E-state index is -3.61. The van der Waals surface area contributed by atoms with E-state index in [0.29, 0.717) is 24.2 Å². The van der Waals surface area contributed by atoms with E-state index in [9.17, 15) is 13.2 Å². The molecule has 1 spiro atoms. The van der Waals surface area contributed by atoms with Gasteiger partial charge in [0, 0.05) is 5.41 Å². The molecule has 2 saturated carbocycles. The van der Waals surface area contributed by atoms with Crippen molar-refractivity contribution in [1.29, 1.82) is 0 Å². The van der Waals surface area contributed by atoms with Crippen molar-refractivity contribution < 1.29 is 17.6 Å². The first-order chi connectivity index (χ1) is 14.6. The van der Waals surface area contributed by atoms with Gasteiger partial charge in [-0.1, -0.05) is 47.6 Å². The predicted molar refractivity (Wildman–Crippen MR) is 133 cm³/mol. The third-order valence-electron chi connectivity index (χ3n) is 9.17. The molecule has 32 heavy (non-hydrogen) atoms. The largest absolute Gasteiger partial charge is 0.413 e. The zero-order valence-corrected chi connectivity index (χ0v) is 23.3. The number of rotatable bonds is 8. The second-order valence-corrected chi connectivity index (χ2v) is 19.1. The zero-order chi connectivity index (χ0) is 24.3. The number of nitrogens with zero attached hydrogens (tertiary/aromatic N) is 1. The van der Waals surface area contributed by atoms with Gasteiger partial charge in [0.05, 0.1) is 23.8 Å². The lowest BCUT2D eigenvalue weighted by atomic mass is 9.73. The Morgan fingerprint density at radius 3 is 2.44 bits per heavy atom. The molecule has 3 fully saturated rings. The number of fused-ring (bicyclic) bond motifs is 1. The summed E-state index contributed by atoms with van der Waals surface area (Å²) in [6.07, 6.45) is 5.85. The van der Waals surface area contributed by atoms with Gasteiger partial charge in [-0.25, -0.2) is 12.7 Å². The molecule has 1 heterocycles. The van der Waals surface area contributed by atoms with Gasteiger partial charge in [0.15, 0.2) is 8.32 Å². The highest BCUT2D eigenvalue weighted by Gasteiger charge is 2.69. The van der Waals surface area contributed by atoms with Crippen molar-refractivity contribution in [2.75, 3.05) is 5.75 Å². The van der Waals surface area contributed by atoms with Gasteiger partial charge in [0.25, 0.3) is 0 Å². The van der Waals surface area contributed by atoms with Gasteiger partial charge >= 0.3 is 0 Å². The van der Waals surface area contributed by atoms with E-state index in [1.165, 1.54) is 4.31 Å². The lowest BCUT2D eigenvalue weighted by molar-refractivity contribution is -0.135. The molecule has 5 nitrogen and oxygen atoms in total. The van der Waals surface area contributed by atoms with Crippen LogP contribution in [0.5, 0.6) is 0 Å². The zero-order valence-electron chi connectivity index (χ0n) is 21.5. The number of carbonyl (C=O) groups is 1. The van der Waals surface area contributed by atoms with Gasteiger partial charge in [0.2, 0.25) is 15.9 Å². The Bertz CT molecular complexity index is 846. The van der Waals surface area contributed by atoms with Crippen LogP contribution < -0.4 is 0 Å². The van der Waals surface area contributed by atoms with E-state index in [4.69, 9.17) is 4.43 Å². The molecule has 6 atom stereocenters. The molecular formula is C25H45NO4SSi. The maximum Gasteiger partial charge on any atom is 0.241 e. The lowest BCUT2D eigenvalue weighted by Crippen LogP contribution is -2.51. The molecule has 2 bridgehead atoms. The Balaban J connectivity index is 1.90. The first kappa shape index (κ1) is 26.0. The molecule has 6 unspecified atom stereocenters. The van der Waals surface area contributed by atoms with E-state index in [1.54, 1.807) is 0 Å². The Hall–Kier alpha value is -0.663. The Morgan fingerprint density at radius 1 is 1.28 bits per heavy atom. The standard InChI is InChI=1S/C25H45NO4SSi/c1-10-11-12-20(30-32(8,9)24(5,6)7)18(4)23(27)26-21-15-19-13-14-25(21,16-31(26,28)29)22(19)17(2)3/h10,17-22H,1,11-16H2,2-9H3. The van der Waals surface area contributed by atoms with Crippen molar-refractivity contribution in [3.05, 3.63) is 12.7 Å². The minimum absolute atomic E-state index is 0.0149. The molecule has 7 heteroatoms. The summed E-state index contributed by atoms with van der Waals surface area (Å²) in [5.41, 5.74) is -0.246. The minimum Gasteiger partial charge on any atom is -0.413 e. The van der Waals surface area contributed by atoms with E-state index in [0.717, 1.165) is 25.7 Å². The molecule has 3 aliphatic rings. The van der Waals surface area contributed by atoms with Crippen LogP contribution in [0.3, 0.4) is 0 Å². The summed E-state index contributed by atoms with van der Waals surface area (Å²) in [5, 5.41) is 0.0149. The quantitative estimate of drug-likeness (QED) is 0.333. The SMILES string of the molecule is C=CCCC(O[Si](C)(C)C(C)(C)C)C(C)C(=O)N1C2CC3CCC2(CS1(=O)=O)C3C(C)C. The van der Waals surface area contributed by atoms with Gasteiger partial charge in [0.1, 0.15) is 0 Å². The fourth-order valence-electron chi connectivity index (χ4n) is 6.75. The van der Waals surface area contributed by atoms with Crippen molar-refractivity contribution >= 4 is 24.2 Å². The van der Waals surface area contributed by atoms with Gasteiger partial charge in [-0.05, 0) is 68.0 Å². The summed E-state index contributed by atoms with van der Waals surface area (Å²) in [6, 6.07) is -0.165. The van der Waals surface area contributed by atoms with Gasteiger partial charge in [-0.15, -0.1) is 6.58 Å². The molecule has 1 amide bonds. The van der Waals surface area contributed by atoms with Crippen LogP contribution >= 0.6 is 0 Å². The average Bonchev–Trinajstić information content (AvgIpc) is 3.22. The van der Waals surface area contributed by atoms with Crippen LogP contribution in [0.15, 0.2) is 12.7 Å². The van der Waals surface area contributed by atoms with Crippen LogP contribution in [0.4, 0.5) is 0 Å². The molecule has 1 saturated heterocycles. The van der Waals surface area contributed by atoms with Crippen molar-refractivity contribution in [3.63, 3.8) is 0 Å².